The normalized spacial score (nSPS) is 11.1. The summed E-state index contributed by atoms with van der Waals surface area (Å²) in [6, 6.07) is 2.42. The Bertz CT molecular complexity index is 650. The highest BCUT2D eigenvalue weighted by atomic mass is 19.1. The number of hydrogen-bond acceptors (Lipinski definition) is 3. The molecule has 0 unspecified atom stereocenters. The van der Waals surface area contributed by atoms with E-state index < -0.39 is 23.0 Å². The van der Waals surface area contributed by atoms with E-state index in [1.807, 2.05) is 13.8 Å². The molecule has 0 aliphatic carbocycles. The number of carbonyl (C=O) groups is 1. The molecule has 1 heterocycles. The van der Waals surface area contributed by atoms with Gasteiger partial charge in [0, 0.05) is 6.04 Å². The molecule has 0 N–H and O–H groups in total. The van der Waals surface area contributed by atoms with Gasteiger partial charge in [-0.2, -0.15) is 5.10 Å². The zero-order valence-electron chi connectivity index (χ0n) is 11.5. The van der Waals surface area contributed by atoms with Crippen molar-refractivity contribution in [3.05, 3.63) is 47.0 Å². The lowest BCUT2D eigenvalue weighted by atomic mass is 10.0. The molecule has 1 aromatic carbocycles. The number of aryl methyl sites for hydroxylation is 1. The molecule has 106 valence electrons. The maximum atomic E-state index is 13.9. The Morgan fingerprint density at radius 3 is 2.70 bits per heavy atom. The standard InChI is InChI=1S/C14H15F2N3O/c1-8(2)19-12(17-7-18-19)6-11(20)13-10(15)5-4-9(3)14(13)16/h4-5,7-8H,6H2,1-3H3. The Hall–Kier alpha value is -2.11. The smallest absolute Gasteiger partial charge is 0.176 e. The van der Waals surface area contributed by atoms with Gasteiger partial charge >= 0.3 is 0 Å². The quantitative estimate of drug-likeness (QED) is 0.808. The van der Waals surface area contributed by atoms with Crippen LogP contribution in [0.3, 0.4) is 0 Å². The molecule has 1 aromatic heterocycles. The van der Waals surface area contributed by atoms with Crippen LogP contribution in [0, 0.1) is 18.6 Å². The van der Waals surface area contributed by atoms with Crippen molar-refractivity contribution in [3.8, 4) is 0 Å². The summed E-state index contributed by atoms with van der Waals surface area (Å²) in [5.41, 5.74) is -0.275. The Morgan fingerprint density at radius 1 is 1.35 bits per heavy atom. The van der Waals surface area contributed by atoms with Gasteiger partial charge in [0.15, 0.2) is 5.78 Å². The van der Waals surface area contributed by atoms with Gasteiger partial charge in [-0.3, -0.25) is 4.79 Å². The van der Waals surface area contributed by atoms with Crippen LogP contribution in [-0.4, -0.2) is 20.5 Å². The molecular weight excluding hydrogens is 264 g/mol. The number of halogens is 2. The molecule has 0 saturated heterocycles. The van der Waals surface area contributed by atoms with Gasteiger partial charge < -0.3 is 0 Å². The number of benzene rings is 1. The average Bonchev–Trinajstić information content (AvgIpc) is 2.82. The minimum atomic E-state index is -0.853. The lowest BCUT2D eigenvalue weighted by Crippen LogP contribution is -2.15. The summed E-state index contributed by atoms with van der Waals surface area (Å²) >= 11 is 0. The van der Waals surface area contributed by atoms with Crippen LogP contribution >= 0.6 is 0 Å². The number of carbonyl (C=O) groups excluding carboxylic acids is 1. The predicted octanol–water partition coefficient (Wildman–Crippen LogP) is 2.87. The maximum absolute atomic E-state index is 13.9. The van der Waals surface area contributed by atoms with Gasteiger partial charge in [0.1, 0.15) is 23.8 Å². The second-order valence-corrected chi connectivity index (χ2v) is 4.87. The third-order valence-corrected chi connectivity index (χ3v) is 3.02. The van der Waals surface area contributed by atoms with Crippen molar-refractivity contribution in [2.24, 2.45) is 0 Å². The fourth-order valence-corrected chi connectivity index (χ4v) is 1.98. The second-order valence-electron chi connectivity index (χ2n) is 4.87. The van der Waals surface area contributed by atoms with E-state index in [9.17, 15) is 13.6 Å². The molecule has 20 heavy (non-hydrogen) atoms. The molecule has 2 aromatic rings. The molecule has 0 amide bonds. The molecular formula is C14H15F2N3O. The van der Waals surface area contributed by atoms with Crippen LogP contribution in [0.2, 0.25) is 0 Å². The van der Waals surface area contributed by atoms with Crippen LogP contribution in [0.15, 0.2) is 18.5 Å². The molecule has 6 heteroatoms. The van der Waals surface area contributed by atoms with Crippen LogP contribution in [-0.2, 0) is 6.42 Å². The van der Waals surface area contributed by atoms with Crippen LogP contribution in [0.1, 0.15) is 41.6 Å². The van der Waals surface area contributed by atoms with Crippen molar-refractivity contribution in [2.45, 2.75) is 33.2 Å². The van der Waals surface area contributed by atoms with Crippen molar-refractivity contribution in [1.82, 2.24) is 14.8 Å². The number of hydrogen-bond donors (Lipinski definition) is 0. The minimum absolute atomic E-state index is 0.0208. The summed E-state index contributed by atoms with van der Waals surface area (Å²) in [4.78, 5) is 16.1. The highest BCUT2D eigenvalue weighted by molar-refractivity contribution is 5.97. The summed E-state index contributed by atoms with van der Waals surface area (Å²) in [5.74, 6) is -1.91. The van der Waals surface area contributed by atoms with Crippen molar-refractivity contribution in [1.29, 1.82) is 0 Å². The van der Waals surface area contributed by atoms with Crippen LogP contribution < -0.4 is 0 Å². The van der Waals surface area contributed by atoms with Crippen LogP contribution in [0.5, 0.6) is 0 Å². The Morgan fingerprint density at radius 2 is 2.05 bits per heavy atom. The molecule has 0 spiro atoms. The third-order valence-electron chi connectivity index (χ3n) is 3.02. The third kappa shape index (κ3) is 2.59. The molecule has 0 atom stereocenters. The van der Waals surface area contributed by atoms with Gasteiger partial charge in [0.05, 0.1) is 12.0 Å². The first-order valence-electron chi connectivity index (χ1n) is 6.28. The summed E-state index contributed by atoms with van der Waals surface area (Å²) < 4.78 is 29.1. The predicted molar refractivity (Wildman–Crippen MR) is 69.5 cm³/mol. The molecule has 0 bridgehead atoms. The average molecular weight is 279 g/mol. The summed E-state index contributed by atoms with van der Waals surface area (Å²) in [5, 5.41) is 3.99. The topological polar surface area (TPSA) is 47.8 Å². The monoisotopic (exact) mass is 279 g/mol. The highest BCUT2D eigenvalue weighted by Crippen LogP contribution is 2.18. The zero-order chi connectivity index (χ0) is 14.9. The van der Waals surface area contributed by atoms with E-state index in [2.05, 4.69) is 10.1 Å². The maximum Gasteiger partial charge on any atom is 0.176 e. The number of rotatable bonds is 4. The largest absolute Gasteiger partial charge is 0.293 e. The van der Waals surface area contributed by atoms with Gasteiger partial charge in [0.25, 0.3) is 0 Å². The van der Waals surface area contributed by atoms with E-state index in [0.29, 0.717) is 5.82 Å². The van der Waals surface area contributed by atoms with E-state index in [0.717, 1.165) is 6.07 Å². The molecule has 2 rings (SSSR count). The fourth-order valence-electron chi connectivity index (χ4n) is 1.98. The Labute approximate surface area is 115 Å². The fraction of sp³-hybridized carbons (Fsp3) is 0.357. The summed E-state index contributed by atoms with van der Waals surface area (Å²) in [7, 11) is 0. The van der Waals surface area contributed by atoms with Gasteiger partial charge in [-0.15, -0.1) is 0 Å². The van der Waals surface area contributed by atoms with E-state index >= 15 is 0 Å². The van der Waals surface area contributed by atoms with E-state index in [-0.39, 0.29) is 18.0 Å². The van der Waals surface area contributed by atoms with Crippen LogP contribution in [0.4, 0.5) is 8.78 Å². The minimum Gasteiger partial charge on any atom is -0.293 e. The van der Waals surface area contributed by atoms with Crippen molar-refractivity contribution < 1.29 is 13.6 Å². The first-order valence-corrected chi connectivity index (χ1v) is 6.28. The van der Waals surface area contributed by atoms with Crippen molar-refractivity contribution >= 4 is 5.78 Å². The van der Waals surface area contributed by atoms with E-state index in [1.54, 1.807) is 4.68 Å². The van der Waals surface area contributed by atoms with Crippen LogP contribution in [0.25, 0.3) is 0 Å². The summed E-state index contributed by atoms with van der Waals surface area (Å²) in [6.45, 7) is 5.26. The number of Topliss-reactive ketones (excluding diaryl/α,β-unsaturated/α-hetero) is 1. The molecule has 0 fully saturated rings. The SMILES string of the molecule is Cc1ccc(F)c(C(=O)Cc2ncnn2C(C)C)c1F. The summed E-state index contributed by atoms with van der Waals surface area (Å²) in [6.07, 6.45) is 1.14. The Balaban J connectivity index is 2.34. The van der Waals surface area contributed by atoms with Crippen molar-refractivity contribution in [2.75, 3.05) is 0 Å². The molecule has 0 aliphatic heterocycles. The van der Waals surface area contributed by atoms with Gasteiger partial charge in [-0.05, 0) is 32.4 Å². The molecule has 4 nitrogen and oxygen atoms in total. The first-order chi connectivity index (χ1) is 9.41. The van der Waals surface area contributed by atoms with Gasteiger partial charge in [0.2, 0.25) is 0 Å². The number of nitrogens with zero attached hydrogens (tertiary/aromatic N) is 3. The van der Waals surface area contributed by atoms with Gasteiger partial charge in [-0.1, -0.05) is 6.07 Å². The molecule has 0 saturated carbocycles. The molecule has 0 radical (unpaired) electrons. The molecule has 0 aliphatic rings. The lowest BCUT2D eigenvalue weighted by Gasteiger charge is -2.10. The van der Waals surface area contributed by atoms with E-state index in [4.69, 9.17) is 0 Å². The van der Waals surface area contributed by atoms with Gasteiger partial charge in [-0.25, -0.2) is 18.4 Å². The first kappa shape index (κ1) is 14.3. The number of aromatic nitrogens is 3. The zero-order valence-corrected chi connectivity index (χ0v) is 11.5. The van der Waals surface area contributed by atoms with E-state index in [1.165, 1.54) is 19.3 Å². The van der Waals surface area contributed by atoms with Crippen molar-refractivity contribution in [3.63, 3.8) is 0 Å². The highest BCUT2D eigenvalue weighted by Gasteiger charge is 2.21. The second kappa shape index (κ2) is 5.48. The number of ketones is 1. The lowest BCUT2D eigenvalue weighted by molar-refractivity contribution is 0.0980. The Kier molecular flexibility index (Phi) is 3.92.